The van der Waals surface area contributed by atoms with Crippen molar-refractivity contribution in [3.05, 3.63) is 107 Å². The lowest BCUT2D eigenvalue weighted by molar-refractivity contribution is -0.130. The van der Waals surface area contributed by atoms with E-state index in [1.54, 1.807) is 43.5 Å². The first kappa shape index (κ1) is 82.5. The third kappa shape index (κ3) is 86.3. The summed E-state index contributed by atoms with van der Waals surface area (Å²) < 4.78 is 116. The van der Waals surface area contributed by atoms with Gasteiger partial charge in [-0.05, 0) is 103 Å². The average Bonchev–Trinajstić information content (AvgIpc) is 4.12. The van der Waals surface area contributed by atoms with Gasteiger partial charge < -0.3 is 9.84 Å². The average molecular weight is 1060 g/mol. The van der Waals surface area contributed by atoms with Gasteiger partial charge in [0, 0.05) is 51.6 Å². The van der Waals surface area contributed by atoms with Crippen molar-refractivity contribution in [1.29, 1.82) is 5.26 Å². The number of hydrogen-bond donors (Lipinski definition) is 1. The summed E-state index contributed by atoms with van der Waals surface area (Å²) >= 11 is 0. The van der Waals surface area contributed by atoms with E-state index in [4.69, 9.17) is 15.1 Å². The zero-order valence-electron chi connectivity index (χ0n) is 47.5. The molecule has 0 radical (unpaired) electrons. The van der Waals surface area contributed by atoms with Crippen LogP contribution in [0, 0.1) is 46.5 Å². The Hall–Kier alpha value is -3.54. The summed E-state index contributed by atoms with van der Waals surface area (Å²) in [7, 11) is -0.962. The highest BCUT2D eigenvalue weighted by molar-refractivity contribution is 7.90. The number of halogens is 8. The van der Waals surface area contributed by atoms with Gasteiger partial charge in [0.25, 0.3) is 0 Å². The van der Waals surface area contributed by atoms with Crippen molar-refractivity contribution in [3.8, 4) is 6.07 Å². The normalized spacial score (nSPS) is 11.6. The molecule has 0 unspecified atom stereocenters. The molecule has 0 amide bonds. The maximum absolute atomic E-state index is 12.6. The largest absolute Gasteiger partial charge is 0.396 e. The third-order valence-electron chi connectivity index (χ3n) is 8.70. The third-order valence-corrected chi connectivity index (χ3v) is 9.85. The van der Waals surface area contributed by atoms with Crippen molar-refractivity contribution in [2.24, 2.45) is 17.8 Å². The van der Waals surface area contributed by atoms with E-state index in [0.717, 1.165) is 80.9 Å². The zero-order valence-corrected chi connectivity index (χ0v) is 48.3. The Morgan fingerprint density at radius 3 is 1.33 bits per heavy atom. The molecule has 14 heteroatoms. The Morgan fingerprint density at radius 2 is 1.17 bits per heavy atom. The maximum Gasteiger partial charge on any atom is 0.388 e. The Kier molecular flexibility index (Phi) is 68.8. The number of nitriles is 1. The molecule has 3 aromatic rings. The van der Waals surface area contributed by atoms with Crippen LogP contribution in [0.5, 0.6) is 0 Å². The van der Waals surface area contributed by atoms with Gasteiger partial charge in [-0.15, -0.1) is 0 Å². The molecule has 3 aromatic carbocycles. The highest BCUT2D eigenvalue weighted by Gasteiger charge is 2.22. The van der Waals surface area contributed by atoms with Gasteiger partial charge in [0.15, 0.2) is 0 Å². The minimum atomic E-state index is -3.96. The maximum atomic E-state index is 12.6. The molecule has 0 saturated heterocycles. The van der Waals surface area contributed by atoms with Crippen LogP contribution in [0.15, 0.2) is 72.8 Å². The number of aliphatic hydroxyl groups is 1. The zero-order chi connectivity index (χ0) is 57.4. The molecule has 2 aliphatic rings. The highest BCUT2D eigenvalue weighted by atomic mass is 32.2. The summed E-state index contributed by atoms with van der Waals surface area (Å²) in [6.07, 6.45) is 9.31. The number of rotatable bonds is 10. The van der Waals surface area contributed by atoms with Crippen molar-refractivity contribution < 1.29 is 53.4 Å². The monoisotopic (exact) mass is 1060 g/mol. The molecule has 72 heavy (non-hydrogen) atoms. The van der Waals surface area contributed by atoms with Crippen LogP contribution in [0.3, 0.4) is 0 Å². The van der Waals surface area contributed by atoms with E-state index in [0.29, 0.717) is 18.8 Å². The molecular formula is C58H101F8NO4S. The van der Waals surface area contributed by atoms with E-state index in [1.165, 1.54) is 81.5 Å². The van der Waals surface area contributed by atoms with E-state index in [-0.39, 0.29) is 23.9 Å². The second-order valence-electron chi connectivity index (χ2n) is 17.2. The van der Waals surface area contributed by atoms with E-state index >= 15 is 0 Å². The van der Waals surface area contributed by atoms with Crippen LogP contribution >= 0.6 is 0 Å². The molecule has 0 aliphatic heterocycles. The number of nitrogens with zero attached hydrogens (tertiary/aromatic N) is 1. The van der Waals surface area contributed by atoms with E-state index < -0.39 is 28.9 Å². The SMILES string of the molecule is CC(C)C.CC1CC1.CCC#N.CCC(F)(F)F.CCC(F)F.CCC1CCC1.CCCO.CCCOC.CCCS(C)(=O)=O.CCc1ccc(F)cc1.CCc1cccc(F)c1.CCc1ccccc1F. The van der Waals surface area contributed by atoms with E-state index in [2.05, 4.69) is 41.5 Å². The van der Waals surface area contributed by atoms with Gasteiger partial charge in [0.05, 0.1) is 6.07 Å². The molecule has 0 aromatic heterocycles. The molecule has 0 atom stereocenters. The van der Waals surface area contributed by atoms with E-state index in [1.807, 2.05) is 59.7 Å². The van der Waals surface area contributed by atoms with E-state index in [9.17, 15) is 43.5 Å². The van der Waals surface area contributed by atoms with Crippen LogP contribution in [0.4, 0.5) is 35.1 Å². The van der Waals surface area contributed by atoms with Crippen molar-refractivity contribution in [2.45, 2.75) is 206 Å². The lowest BCUT2D eigenvalue weighted by atomic mass is 9.84. The first-order valence-electron chi connectivity index (χ1n) is 25.9. The van der Waals surface area contributed by atoms with Gasteiger partial charge in [-0.2, -0.15) is 18.4 Å². The number of sulfone groups is 1. The Morgan fingerprint density at radius 1 is 0.722 bits per heavy atom. The summed E-state index contributed by atoms with van der Waals surface area (Å²) in [5.41, 5.74) is 3.02. The van der Waals surface area contributed by atoms with Gasteiger partial charge in [0.2, 0.25) is 6.43 Å². The number of hydrogen-bond acceptors (Lipinski definition) is 5. The summed E-state index contributed by atoms with van der Waals surface area (Å²) in [5.74, 6) is 2.94. The van der Waals surface area contributed by atoms with Crippen LogP contribution in [0.1, 0.15) is 191 Å². The molecule has 2 aliphatic carbocycles. The fraction of sp³-hybridized carbons (Fsp3) is 0.672. The summed E-state index contributed by atoms with van der Waals surface area (Å²) in [6.45, 7) is 28.5. The van der Waals surface area contributed by atoms with Gasteiger partial charge in [-0.3, -0.25) is 0 Å². The summed E-state index contributed by atoms with van der Waals surface area (Å²) in [6, 6.07) is 22.0. The molecule has 5 nitrogen and oxygen atoms in total. The van der Waals surface area contributed by atoms with Crippen LogP contribution in [0.2, 0.25) is 0 Å². The molecule has 0 bridgehead atoms. The number of methoxy groups -OCH3 is 1. The number of aryl methyl sites for hydroxylation is 3. The molecule has 424 valence electrons. The minimum Gasteiger partial charge on any atom is -0.396 e. The minimum absolute atomic E-state index is 0.0278. The molecule has 1 N–H and O–H groups in total. The van der Waals surface area contributed by atoms with Gasteiger partial charge in [-0.25, -0.2) is 30.4 Å². The first-order valence-corrected chi connectivity index (χ1v) is 28.0. The molecule has 2 fully saturated rings. The summed E-state index contributed by atoms with van der Waals surface area (Å²) in [4.78, 5) is 0. The predicted molar refractivity (Wildman–Crippen MR) is 292 cm³/mol. The van der Waals surface area contributed by atoms with Crippen molar-refractivity contribution in [3.63, 3.8) is 0 Å². The lowest BCUT2D eigenvalue weighted by Gasteiger charge is -2.22. The molecule has 5 rings (SSSR count). The number of aliphatic hydroxyl groups excluding tert-OH is 1. The van der Waals surface area contributed by atoms with Crippen molar-refractivity contribution in [2.75, 3.05) is 32.3 Å². The standard InChI is InChI=1S/3C8H9F.C6H12.C4H10O2S.C4H10O.C4H8.C4H10.C3H5F3.C3H6F2.C3H5N.C3H8O/c1-2-7-3-5-8(9)6-4-7;1-2-7-4-3-5-8(9)6-7;1-2-7-5-3-4-6-8(7)9;1-2-6-4-3-5-6;1-3-4-7(2,5)6;1-3-4-5-2;1-4-2-3-4;1-4(2)3;1-2-3(4,5)6;1-2-3(4)5;2*1-2-3-4/h3*3-6H,2H2,1H3;6H,2-5H2,1H3;3-4H2,1-2H3;3-4H2,1-2H3;4H,2-3H2,1H3;4H,1-3H3;2H2,1H3;3H,2H2,1H3;2H2,1H3;4H,2-3H2,1H3. The second-order valence-corrected chi connectivity index (χ2v) is 19.4. The Labute approximate surface area is 435 Å². The fourth-order valence-corrected chi connectivity index (χ4v) is 4.65. The van der Waals surface area contributed by atoms with Crippen molar-refractivity contribution >= 4 is 9.84 Å². The lowest BCUT2D eigenvalue weighted by Crippen LogP contribution is -2.08. The number of alkyl halides is 5. The van der Waals surface area contributed by atoms with Gasteiger partial charge in [0.1, 0.15) is 27.3 Å². The molecule has 2 saturated carbocycles. The smallest absolute Gasteiger partial charge is 0.388 e. The van der Waals surface area contributed by atoms with Gasteiger partial charge in [-0.1, -0.05) is 178 Å². The fourth-order valence-electron chi connectivity index (χ4n) is 3.90. The first-order chi connectivity index (χ1) is 33.7. The van der Waals surface area contributed by atoms with Crippen LogP contribution in [-0.4, -0.2) is 58.5 Å². The molecular weight excluding hydrogens is 959 g/mol. The predicted octanol–water partition coefficient (Wildman–Crippen LogP) is 18.9. The quantitative estimate of drug-likeness (QED) is 0.204. The Bertz CT molecular complexity index is 1650. The molecule has 0 heterocycles. The number of benzene rings is 3. The Balaban J connectivity index is -0.000000130. The van der Waals surface area contributed by atoms with Crippen molar-refractivity contribution in [1.82, 2.24) is 0 Å². The molecule has 0 spiro atoms. The van der Waals surface area contributed by atoms with Gasteiger partial charge >= 0.3 is 6.18 Å². The van der Waals surface area contributed by atoms with Crippen LogP contribution in [0.25, 0.3) is 0 Å². The number of ether oxygens (including phenoxy) is 1. The van der Waals surface area contributed by atoms with Crippen LogP contribution < -0.4 is 0 Å². The summed E-state index contributed by atoms with van der Waals surface area (Å²) in [5, 5.41) is 15.5. The van der Waals surface area contributed by atoms with Crippen LogP contribution in [-0.2, 0) is 33.8 Å². The topological polar surface area (TPSA) is 87.4 Å². The second kappa shape index (κ2) is 60.0. The highest BCUT2D eigenvalue weighted by Crippen LogP contribution is 2.28.